The van der Waals surface area contributed by atoms with Gasteiger partial charge < -0.3 is 9.64 Å². The summed E-state index contributed by atoms with van der Waals surface area (Å²) >= 11 is 1.63. The molecule has 2 aromatic rings. The van der Waals surface area contributed by atoms with Crippen molar-refractivity contribution < 1.29 is 9.53 Å². The molecule has 0 N–H and O–H groups in total. The zero-order valence-corrected chi connectivity index (χ0v) is 11.4. The van der Waals surface area contributed by atoms with Crippen LogP contribution in [0.2, 0.25) is 0 Å². The fraction of sp³-hybridized carbons (Fsp3) is 0.385. The fourth-order valence-corrected chi connectivity index (χ4v) is 2.68. The summed E-state index contributed by atoms with van der Waals surface area (Å²) < 4.78 is 6.06. The number of carbonyl (C=O) groups is 1. The molecule has 1 amide bonds. The predicted octanol–water partition coefficient (Wildman–Crippen LogP) is 2.29. The molecule has 18 heavy (non-hydrogen) atoms. The normalized spacial score (nSPS) is 10.8. The summed E-state index contributed by atoms with van der Waals surface area (Å²) in [6, 6.07) is 8.00. The van der Waals surface area contributed by atoms with Crippen LogP contribution in [-0.4, -0.2) is 36.6 Å². The van der Waals surface area contributed by atoms with Gasteiger partial charge in [0.2, 0.25) is 5.91 Å². The highest BCUT2D eigenvalue weighted by molar-refractivity contribution is 7.18. The van der Waals surface area contributed by atoms with Crippen LogP contribution < -0.4 is 0 Å². The van der Waals surface area contributed by atoms with Gasteiger partial charge in [-0.1, -0.05) is 12.1 Å². The van der Waals surface area contributed by atoms with Gasteiger partial charge in [0, 0.05) is 14.2 Å². The molecule has 5 heteroatoms. The molecule has 4 nitrogen and oxygen atoms in total. The number of fused-ring (bicyclic) bond motifs is 1. The number of para-hydroxylation sites is 1. The molecule has 0 unspecified atom stereocenters. The third-order valence-corrected chi connectivity index (χ3v) is 3.68. The summed E-state index contributed by atoms with van der Waals surface area (Å²) in [5, 5.41) is 0.962. The first-order chi connectivity index (χ1) is 8.70. The van der Waals surface area contributed by atoms with Gasteiger partial charge in [0.15, 0.2) is 0 Å². The van der Waals surface area contributed by atoms with Crippen molar-refractivity contribution in [2.24, 2.45) is 0 Å². The van der Waals surface area contributed by atoms with Gasteiger partial charge in [0.1, 0.15) is 5.01 Å². The van der Waals surface area contributed by atoms with Gasteiger partial charge in [0.25, 0.3) is 0 Å². The number of methoxy groups -OCH3 is 1. The lowest BCUT2D eigenvalue weighted by Crippen LogP contribution is -2.26. The van der Waals surface area contributed by atoms with Crippen molar-refractivity contribution in [2.75, 3.05) is 20.8 Å². The van der Waals surface area contributed by atoms with E-state index in [0.29, 0.717) is 19.6 Å². The first-order valence-electron chi connectivity index (χ1n) is 5.78. The largest absolute Gasteiger partial charge is 0.384 e. The lowest BCUT2D eigenvalue weighted by Gasteiger charge is -2.15. The minimum Gasteiger partial charge on any atom is -0.384 e. The average Bonchev–Trinajstić information content (AvgIpc) is 2.77. The van der Waals surface area contributed by atoms with Crippen molar-refractivity contribution >= 4 is 27.5 Å². The van der Waals surface area contributed by atoms with E-state index in [4.69, 9.17) is 4.74 Å². The molecule has 0 aliphatic heterocycles. The van der Waals surface area contributed by atoms with Crippen LogP contribution in [-0.2, 0) is 16.1 Å². The second kappa shape index (κ2) is 5.93. The zero-order chi connectivity index (χ0) is 13.0. The number of nitrogens with zero attached hydrogens (tertiary/aromatic N) is 2. The van der Waals surface area contributed by atoms with Crippen LogP contribution in [0.15, 0.2) is 24.3 Å². The molecule has 0 spiro atoms. The number of amides is 1. The van der Waals surface area contributed by atoms with Gasteiger partial charge in [-0.25, -0.2) is 4.98 Å². The molecule has 0 aliphatic rings. The molecule has 1 aromatic carbocycles. The molecule has 1 aromatic heterocycles. The Labute approximate surface area is 110 Å². The smallest absolute Gasteiger partial charge is 0.225 e. The van der Waals surface area contributed by atoms with Crippen LogP contribution in [0.4, 0.5) is 0 Å². The maximum atomic E-state index is 11.7. The van der Waals surface area contributed by atoms with Crippen LogP contribution in [0.1, 0.15) is 11.4 Å². The average molecular weight is 264 g/mol. The Morgan fingerprint density at radius 2 is 2.22 bits per heavy atom. The molecule has 0 aliphatic carbocycles. The number of thiazole rings is 1. The number of hydrogen-bond acceptors (Lipinski definition) is 4. The molecule has 1 heterocycles. The van der Waals surface area contributed by atoms with E-state index in [1.165, 1.54) is 0 Å². The van der Waals surface area contributed by atoms with E-state index in [1.54, 1.807) is 30.4 Å². The highest BCUT2D eigenvalue weighted by atomic mass is 32.1. The van der Waals surface area contributed by atoms with Crippen LogP contribution in [0.5, 0.6) is 0 Å². The van der Waals surface area contributed by atoms with Crippen molar-refractivity contribution in [3.63, 3.8) is 0 Å². The van der Waals surface area contributed by atoms with Gasteiger partial charge in [-0.2, -0.15) is 0 Å². The van der Waals surface area contributed by atoms with Crippen molar-refractivity contribution in [3.8, 4) is 0 Å². The zero-order valence-electron chi connectivity index (χ0n) is 10.5. The molecule has 0 bridgehead atoms. The molecule has 0 atom stereocenters. The predicted molar refractivity (Wildman–Crippen MR) is 72.6 cm³/mol. The molecule has 0 saturated carbocycles. The number of ether oxygens (including phenoxy) is 1. The molecule has 2 rings (SSSR count). The SMILES string of the molecule is COCCC(=O)N(C)Cc1nc2ccccc2s1. The number of benzene rings is 1. The highest BCUT2D eigenvalue weighted by Crippen LogP contribution is 2.22. The Morgan fingerprint density at radius 1 is 1.44 bits per heavy atom. The molecular formula is C13H16N2O2S. The van der Waals surface area contributed by atoms with Gasteiger partial charge >= 0.3 is 0 Å². The third kappa shape index (κ3) is 3.05. The Hall–Kier alpha value is -1.46. The summed E-state index contributed by atoms with van der Waals surface area (Å²) in [6.07, 6.45) is 0.415. The van der Waals surface area contributed by atoms with Gasteiger partial charge in [0.05, 0.1) is 29.8 Å². The van der Waals surface area contributed by atoms with Crippen molar-refractivity contribution in [1.82, 2.24) is 9.88 Å². The second-order valence-corrected chi connectivity index (χ2v) is 5.18. The van der Waals surface area contributed by atoms with Crippen LogP contribution in [0, 0.1) is 0 Å². The maximum absolute atomic E-state index is 11.7. The second-order valence-electron chi connectivity index (χ2n) is 4.07. The van der Waals surface area contributed by atoms with E-state index in [9.17, 15) is 4.79 Å². The fourth-order valence-electron chi connectivity index (χ4n) is 1.66. The Morgan fingerprint density at radius 3 is 2.94 bits per heavy atom. The molecular weight excluding hydrogens is 248 g/mol. The minimum atomic E-state index is 0.0797. The number of rotatable bonds is 5. The summed E-state index contributed by atoms with van der Waals surface area (Å²) in [4.78, 5) is 17.9. The molecule has 96 valence electrons. The highest BCUT2D eigenvalue weighted by Gasteiger charge is 2.11. The Kier molecular flexibility index (Phi) is 4.28. The first kappa shape index (κ1) is 13.0. The van der Waals surface area contributed by atoms with E-state index < -0.39 is 0 Å². The van der Waals surface area contributed by atoms with Gasteiger partial charge in [-0.15, -0.1) is 11.3 Å². The van der Waals surface area contributed by atoms with E-state index in [0.717, 1.165) is 15.2 Å². The maximum Gasteiger partial charge on any atom is 0.225 e. The van der Waals surface area contributed by atoms with Gasteiger partial charge in [-0.3, -0.25) is 4.79 Å². The standard InChI is InChI=1S/C13H16N2O2S/c1-15(13(16)7-8-17-2)9-12-14-10-5-3-4-6-11(10)18-12/h3-6H,7-9H2,1-2H3. The number of aromatic nitrogens is 1. The van der Waals surface area contributed by atoms with Crippen LogP contribution >= 0.6 is 11.3 Å². The number of carbonyl (C=O) groups excluding carboxylic acids is 1. The molecule has 0 radical (unpaired) electrons. The van der Waals surface area contributed by atoms with E-state index in [2.05, 4.69) is 4.98 Å². The van der Waals surface area contributed by atoms with Crippen molar-refractivity contribution in [2.45, 2.75) is 13.0 Å². The molecule has 0 fully saturated rings. The summed E-state index contributed by atoms with van der Waals surface area (Å²) in [5.74, 6) is 0.0797. The van der Waals surface area contributed by atoms with E-state index in [1.807, 2.05) is 24.3 Å². The van der Waals surface area contributed by atoms with Crippen molar-refractivity contribution in [1.29, 1.82) is 0 Å². The lowest BCUT2D eigenvalue weighted by atomic mass is 10.3. The van der Waals surface area contributed by atoms with Crippen LogP contribution in [0.3, 0.4) is 0 Å². The monoisotopic (exact) mass is 264 g/mol. The van der Waals surface area contributed by atoms with E-state index in [-0.39, 0.29) is 5.91 Å². The topological polar surface area (TPSA) is 42.4 Å². The third-order valence-electron chi connectivity index (χ3n) is 2.66. The Bertz CT molecular complexity index is 506. The Balaban J connectivity index is 2.02. The first-order valence-corrected chi connectivity index (χ1v) is 6.59. The number of hydrogen-bond donors (Lipinski definition) is 0. The summed E-state index contributed by atoms with van der Waals surface area (Å²) in [7, 11) is 3.39. The summed E-state index contributed by atoms with van der Waals surface area (Å²) in [5.41, 5.74) is 0.996. The van der Waals surface area contributed by atoms with E-state index >= 15 is 0 Å². The summed E-state index contributed by atoms with van der Waals surface area (Å²) in [6.45, 7) is 1.02. The van der Waals surface area contributed by atoms with Gasteiger partial charge in [-0.05, 0) is 12.1 Å². The van der Waals surface area contributed by atoms with Crippen molar-refractivity contribution in [3.05, 3.63) is 29.3 Å². The molecule has 0 saturated heterocycles. The van der Waals surface area contributed by atoms with Crippen LogP contribution in [0.25, 0.3) is 10.2 Å². The quantitative estimate of drug-likeness (QED) is 0.832. The minimum absolute atomic E-state index is 0.0797. The lowest BCUT2D eigenvalue weighted by molar-refractivity contribution is -0.131.